The van der Waals surface area contributed by atoms with E-state index >= 15 is 0 Å². The number of anilines is 1. The van der Waals surface area contributed by atoms with Crippen molar-refractivity contribution in [3.05, 3.63) is 77.4 Å². The van der Waals surface area contributed by atoms with Crippen LogP contribution in [0.2, 0.25) is 5.02 Å². The van der Waals surface area contributed by atoms with Gasteiger partial charge in [0.25, 0.3) is 5.91 Å². The Morgan fingerprint density at radius 3 is 2.78 bits per heavy atom. The summed E-state index contributed by atoms with van der Waals surface area (Å²) in [5.41, 5.74) is 0.837. The molecule has 0 bridgehead atoms. The van der Waals surface area contributed by atoms with Crippen molar-refractivity contribution in [3.63, 3.8) is 0 Å². The Hall–Kier alpha value is -3.06. The minimum absolute atomic E-state index is 0.134. The van der Waals surface area contributed by atoms with E-state index in [-0.39, 0.29) is 29.2 Å². The lowest BCUT2D eigenvalue weighted by atomic mass is 10.1. The molecule has 1 aliphatic heterocycles. The summed E-state index contributed by atoms with van der Waals surface area (Å²) in [5, 5.41) is 8.82. The third-order valence-corrected chi connectivity index (χ3v) is 4.44. The molecule has 0 aliphatic carbocycles. The molecule has 1 atom stereocenters. The first kappa shape index (κ1) is 17.4. The van der Waals surface area contributed by atoms with Crippen molar-refractivity contribution < 1.29 is 18.0 Å². The molecule has 4 rings (SSSR count). The predicted molar refractivity (Wildman–Crippen MR) is 98.1 cm³/mol. The summed E-state index contributed by atoms with van der Waals surface area (Å²) in [5.74, 6) is 0.358. The molecule has 138 valence electrons. The average Bonchev–Trinajstić information content (AvgIpc) is 3.40. The molecule has 0 radical (unpaired) electrons. The average molecular weight is 388 g/mol. The number of benzene rings is 1. The Labute approximate surface area is 159 Å². The third-order valence-electron chi connectivity index (χ3n) is 4.20. The maximum absolute atomic E-state index is 13.9. The quantitative estimate of drug-likeness (QED) is 0.701. The first-order valence-corrected chi connectivity index (χ1v) is 8.65. The zero-order valence-electron chi connectivity index (χ0n) is 14.1. The van der Waals surface area contributed by atoms with Gasteiger partial charge in [-0.15, -0.1) is 0 Å². The van der Waals surface area contributed by atoms with Crippen LogP contribution in [0.15, 0.2) is 68.9 Å². The van der Waals surface area contributed by atoms with Crippen LogP contribution in [0.4, 0.5) is 10.1 Å². The summed E-state index contributed by atoms with van der Waals surface area (Å²) in [7, 11) is 0. The number of furan rings is 2. The van der Waals surface area contributed by atoms with Crippen LogP contribution in [0, 0.1) is 5.82 Å². The highest BCUT2D eigenvalue weighted by atomic mass is 35.5. The number of hydrogen-bond donors (Lipinski definition) is 1. The second-order valence-corrected chi connectivity index (χ2v) is 6.41. The number of hydrazone groups is 1. The van der Waals surface area contributed by atoms with Gasteiger partial charge in [-0.05, 0) is 42.5 Å². The van der Waals surface area contributed by atoms with E-state index in [9.17, 15) is 9.18 Å². The minimum Gasteiger partial charge on any atom is -0.467 e. The zero-order chi connectivity index (χ0) is 18.8. The van der Waals surface area contributed by atoms with Crippen LogP contribution in [0.5, 0.6) is 0 Å². The number of nitrogens with one attached hydrogen (secondary N) is 1. The SMILES string of the molecule is O=C(CNc1ccc(Cl)cc1F)N1N=C(c2ccco2)CC1c1ccco1. The summed E-state index contributed by atoms with van der Waals surface area (Å²) < 4.78 is 24.8. The van der Waals surface area contributed by atoms with Crippen molar-refractivity contribution in [1.29, 1.82) is 0 Å². The highest BCUT2D eigenvalue weighted by molar-refractivity contribution is 6.30. The first-order chi connectivity index (χ1) is 13.1. The molecule has 0 saturated heterocycles. The predicted octanol–water partition coefficient (Wildman–Crippen LogP) is 4.45. The molecule has 27 heavy (non-hydrogen) atoms. The molecule has 3 aromatic rings. The lowest BCUT2D eigenvalue weighted by molar-refractivity contribution is -0.131. The standard InChI is InChI=1S/C19H15ClFN3O3/c20-12-5-6-14(13(21)9-12)22-11-19(25)24-16(18-4-2-8-27-18)10-15(23-24)17-3-1-7-26-17/h1-9,16,22H,10-11H2. The van der Waals surface area contributed by atoms with E-state index in [1.165, 1.54) is 17.1 Å². The molecule has 1 unspecified atom stereocenters. The van der Waals surface area contributed by atoms with E-state index in [0.717, 1.165) is 0 Å². The molecule has 6 nitrogen and oxygen atoms in total. The van der Waals surface area contributed by atoms with E-state index in [1.807, 2.05) is 0 Å². The summed E-state index contributed by atoms with van der Waals surface area (Å²) in [6.45, 7) is -0.134. The van der Waals surface area contributed by atoms with Crippen LogP contribution in [0.25, 0.3) is 0 Å². The van der Waals surface area contributed by atoms with Crippen molar-refractivity contribution in [1.82, 2.24) is 5.01 Å². The monoisotopic (exact) mass is 387 g/mol. The second-order valence-electron chi connectivity index (χ2n) is 5.98. The zero-order valence-corrected chi connectivity index (χ0v) is 14.8. The number of carbonyl (C=O) groups excluding carboxylic acids is 1. The largest absolute Gasteiger partial charge is 0.467 e. The molecule has 8 heteroatoms. The molecule has 0 spiro atoms. The Bertz CT molecular complexity index is 970. The number of nitrogens with zero attached hydrogens (tertiary/aromatic N) is 2. The maximum atomic E-state index is 13.9. The van der Waals surface area contributed by atoms with Crippen molar-refractivity contribution in [3.8, 4) is 0 Å². The summed E-state index contributed by atoms with van der Waals surface area (Å²) in [6.07, 6.45) is 3.56. The number of hydrogen-bond acceptors (Lipinski definition) is 5. The number of rotatable bonds is 5. The number of halogens is 2. The molecular weight excluding hydrogens is 373 g/mol. The maximum Gasteiger partial charge on any atom is 0.262 e. The van der Waals surface area contributed by atoms with Gasteiger partial charge < -0.3 is 14.2 Å². The van der Waals surface area contributed by atoms with E-state index in [2.05, 4.69) is 10.4 Å². The van der Waals surface area contributed by atoms with Gasteiger partial charge in [0.05, 0.1) is 24.8 Å². The van der Waals surface area contributed by atoms with Crippen LogP contribution in [0.1, 0.15) is 24.0 Å². The van der Waals surface area contributed by atoms with Gasteiger partial charge in [-0.25, -0.2) is 9.40 Å². The lowest BCUT2D eigenvalue weighted by Gasteiger charge is -2.20. The summed E-state index contributed by atoms with van der Waals surface area (Å²) in [4.78, 5) is 12.8. The van der Waals surface area contributed by atoms with E-state index in [1.54, 1.807) is 42.9 Å². The topological polar surface area (TPSA) is 71.0 Å². The van der Waals surface area contributed by atoms with Gasteiger partial charge in [0.15, 0.2) is 0 Å². The fourth-order valence-electron chi connectivity index (χ4n) is 2.92. The van der Waals surface area contributed by atoms with Gasteiger partial charge >= 0.3 is 0 Å². The highest BCUT2D eigenvalue weighted by Crippen LogP contribution is 2.33. The van der Waals surface area contributed by atoms with Gasteiger partial charge in [-0.3, -0.25) is 4.79 Å². The first-order valence-electron chi connectivity index (χ1n) is 8.27. The molecular formula is C19H15ClFN3O3. The summed E-state index contributed by atoms with van der Waals surface area (Å²) >= 11 is 5.74. The van der Waals surface area contributed by atoms with Crippen molar-refractivity contribution in [2.75, 3.05) is 11.9 Å². The third kappa shape index (κ3) is 3.59. The van der Waals surface area contributed by atoms with Crippen molar-refractivity contribution >= 4 is 28.9 Å². The van der Waals surface area contributed by atoms with Crippen LogP contribution in [-0.4, -0.2) is 23.2 Å². The van der Waals surface area contributed by atoms with E-state index in [4.69, 9.17) is 20.4 Å². The second kappa shape index (κ2) is 7.28. The lowest BCUT2D eigenvalue weighted by Crippen LogP contribution is -2.32. The van der Waals surface area contributed by atoms with Crippen LogP contribution in [0.3, 0.4) is 0 Å². The van der Waals surface area contributed by atoms with Gasteiger partial charge in [-0.2, -0.15) is 5.10 Å². The number of carbonyl (C=O) groups is 1. The molecule has 1 aromatic carbocycles. The molecule has 1 N–H and O–H groups in total. The minimum atomic E-state index is -0.529. The smallest absolute Gasteiger partial charge is 0.262 e. The van der Waals surface area contributed by atoms with Crippen LogP contribution >= 0.6 is 11.6 Å². The molecule has 2 aromatic heterocycles. The molecule has 3 heterocycles. The normalized spacial score (nSPS) is 16.4. The van der Waals surface area contributed by atoms with Gasteiger partial charge in [0.2, 0.25) is 0 Å². The Morgan fingerprint density at radius 2 is 2.07 bits per heavy atom. The van der Waals surface area contributed by atoms with Gasteiger partial charge in [0, 0.05) is 11.4 Å². The number of amides is 1. The molecule has 1 aliphatic rings. The Kier molecular flexibility index (Phi) is 4.68. The highest BCUT2D eigenvalue weighted by Gasteiger charge is 2.35. The van der Waals surface area contributed by atoms with Crippen LogP contribution < -0.4 is 5.32 Å². The van der Waals surface area contributed by atoms with E-state index < -0.39 is 5.82 Å². The van der Waals surface area contributed by atoms with Crippen molar-refractivity contribution in [2.24, 2.45) is 5.10 Å². The van der Waals surface area contributed by atoms with Crippen molar-refractivity contribution in [2.45, 2.75) is 12.5 Å². The van der Waals surface area contributed by atoms with Gasteiger partial charge in [-0.1, -0.05) is 11.6 Å². The van der Waals surface area contributed by atoms with Gasteiger partial charge in [0.1, 0.15) is 29.1 Å². The Balaban J connectivity index is 1.53. The fraction of sp³-hybridized carbons (Fsp3) is 0.158. The van der Waals surface area contributed by atoms with Crippen LogP contribution in [-0.2, 0) is 4.79 Å². The summed E-state index contributed by atoms with van der Waals surface area (Å²) in [6, 6.07) is 10.9. The fourth-order valence-corrected chi connectivity index (χ4v) is 3.08. The molecule has 0 fully saturated rings. The molecule has 0 saturated carbocycles. The molecule has 1 amide bonds. The van der Waals surface area contributed by atoms with E-state index in [0.29, 0.717) is 23.7 Å². The Morgan fingerprint density at radius 1 is 1.26 bits per heavy atom.